The summed E-state index contributed by atoms with van der Waals surface area (Å²) in [6.45, 7) is 0.842. The van der Waals surface area contributed by atoms with Crippen LogP contribution in [0.15, 0.2) is 212 Å². The third kappa shape index (κ3) is 13.4. The molecule has 75 heavy (non-hydrogen) atoms. The highest BCUT2D eigenvalue weighted by Crippen LogP contribution is 2.45. The van der Waals surface area contributed by atoms with Gasteiger partial charge >= 0.3 is 23.9 Å². The van der Waals surface area contributed by atoms with Gasteiger partial charge in [-0.1, -0.05) is 164 Å². The molecule has 8 aromatic carbocycles. The zero-order chi connectivity index (χ0) is 51.8. The second-order valence-electron chi connectivity index (χ2n) is 17.3. The molecule has 0 bridgehead atoms. The number of hydrogen-bond acceptors (Lipinski definition) is 13. The van der Waals surface area contributed by atoms with Gasteiger partial charge in [-0.3, -0.25) is 0 Å². The summed E-state index contributed by atoms with van der Waals surface area (Å²) in [5.41, 5.74) is 4.79. The van der Waals surface area contributed by atoms with Crippen molar-refractivity contribution in [3.8, 4) is 28.7 Å². The molecule has 0 aromatic heterocycles. The Kier molecular flexibility index (Phi) is 16.8. The summed E-state index contributed by atoms with van der Waals surface area (Å²) >= 11 is 0. The van der Waals surface area contributed by atoms with Crippen molar-refractivity contribution in [1.82, 2.24) is 0 Å². The lowest BCUT2D eigenvalue weighted by Crippen LogP contribution is -2.49. The predicted molar refractivity (Wildman–Crippen MR) is 276 cm³/mol. The van der Waals surface area contributed by atoms with Crippen LogP contribution >= 0.6 is 0 Å². The molecule has 1 heterocycles. The van der Waals surface area contributed by atoms with Crippen LogP contribution in [0, 0.1) is 0 Å². The summed E-state index contributed by atoms with van der Waals surface area (Å²) in [6.07, 6.45) is -6.68. The SMILES string of the molecule is COC(=O)[C@H](OC(=O)c1ccccc1)[C@@H](OC(=O)c1ccccc1)C(=O)O[C@@H]1Cc2c(OCc3ccccc3)cc(OCc3ccccc3)cc2O[C@H]1c1ccc(OCc2ccccc2)c(OCc2ccccc2)c1. The maximum atomic E-state index is 15.1. The second-order valence-corrected chi connectivity index (χ2v) is 17.3. The highest BCUT2D eigenvalue weighted by molar-refractivity contribution is 5.96. The van der Waals surface area contributed by atoms with Crippen LogP contribution < -0.4 is 23.7 Å². The van der Waals surface area contributed by atoms with E-state index < -0.39 is 48.3 Å². The fourth-order valence-corrected chi connectivity index (χ4v) is 8.22. The minimum atomic E-state index is -2.18. The quantitative estimate of drug-likeness (QED) is 0.0496. The molecule has 378 valence electrons. The third-order valence-corrected chi connectivity index (χ3v) is 12.1. The zero-order valence-corrected chi connectivity index (χ0v) is 40.9. The zero-order valence-electron chi connectivity index (χ0n) is 40.9. The van der Waals surface area contributed by atoms with Gasteiger partial charge in [0.2, 0.25) is 12.2 Å². The minimum absolute atomic E-state index is 0.0344. The van der Waals surface area contributed by atoms with Crippen molar-refractivity contribution in [3.05, 3.63) is 257 Å². The largest absolute Gasteiger partial charge is 0.489 e. The van der Waals surface area contributed by atoms with Crippen molar-refractivity contribution in [3.63, 3.8) is 0 Å². The van der Waals surface area contributed by atoms with Crippen molar-refractivity contribution in [2.24, 2.45) is 0 Å². The first-order valence-corrected chi connectivity index (χ1v) is 24.2. The first-order valence-electron chi connectivity index (χ1n) is 24.2. The monoisotopic (exact) mass is 1000 g/mol. The molecule has 0 saturated heterocycles. The molecular weight excluding hydrogens is 953 g/mol. The Morgan fingerprint density at radius 1 is 0.467 bits per heavy atom. The van der Waals surface area contributed by atoms with Crippen molar-refractivity contribution < 1.29 is 61.8 Å². The molecule has 9 rings (SSSR count). The number of ether oxygens (including phenoxy) is 9. The number of benzene rings is 8. The van der Waals surface area contributed by atoms with Gasteiger partial charge in [0.15, 0.2) is 17.6 Å². The predicted octanol–water partition coefficient (Wildman–Crippen LogP) is 11.2. The van der Waals surface area contributed by atoms with Gasteiger partial charge in [-0.25, -0.2) is 19.2 Å². The molecule has 0 saturated carbocycles. The number of rotatable bonds is 21. The molecule has 0 fully saturated rings. The molecule has 0 amide bonds. The molecule has 4 atom stereocenters. The van der Waals surface area contributed by atoms with E-state index in [1.165, 1.54) is 24.3 Å². The molecule has 0 radical (unpaired) electrons. The van der Waals surface area contributed by atoms with E-state index in [-0.39, 0.29) is 44.0 Å². The fourth-order valence-electron chi connectivity index (χ4n) is 8.22. The fraction of sp³-hybridized carbons (Fsp3) is 0.161. The third-order valence-electron chi connectivity index (χ3n) is 12.1. The van der Waals surface area contributed by atoms with Gasteiger partial charge in [-0.15, -0.1) is 0 Å². The Labute approximate surface area is 434 Å². The topological polar surface area (TPSA) is 151 Å². The molecule has 0 unspecified atom stereocenters. The van der Waals surface area contributed by atoms with Gasteiger partial charge in [0.05, 0.1) is 18.2 Å². The van der Waals surface area contributed by atoms with Crippen molar-refractivity contribution in [2.75, 3.05) is 7.11 Å². The Morgan fingerprint density at radius 3 is 1.37 bits per heavy atom. The number of carbonyl (C=O) groups is 4. The van der Waals surface area contributed by atoms with Gasteiger partial charge in [0.25, 0.3) is 0 Å². The number of hydrogen-bond donors (Lipinski definition) is 0. The lowest BCUT2D eigenvalue weighted by atomic mass is 9.93. The molecular formula is C62H52O13. The van der Waals surface area contributed by atoms with Crippen LogP contribution in [0.2, 0.25) is 0 Å². The van der Waals surface area contributed by atoms with Gasteiger partial charge in [0, 0.05) is 29.7 Å². The van der Waals surface area contributed by atoms with E-state index in [0.29, 0.717) is 39.9 Å². The summed E-state index contributed by atoms with van der Waals surface area (Å²) in [6, 6.07) is 63.1. The molecule has 8 aromatic rings. The number of fused-ring (bicyclic) bond motifs is 1. The molecule has 1 aliphatic rings. The van der Waals surface area contributed by atoms with E-state index >= 15 is 4.79 Å². The van der Waals surface area contributed by atoms with Crippen molar-refractivity contribution >= 4 is 23.9 Å². The minimum Gasteiger partial charge on any atom is -0.489 e. The van der Waals surface area contributed by atoms with Crippen LogP contribution in [0.4, 0.5) is 0 Å². The lowest BCUT2D eigenvalue weighted by molar-refractivity contribution is -0.179. The Bertz CT molecular complexity index is 3160. The average molecular weight is 1010 g/mol. The van der Waals surface area contributed by atoms with E-state index in [9.17, 15) is 14.4 Å². The van der Waals surface area contributed by atoms with Crippen LogP contribution in [0.1, 0.15) is 60.2 Å². The Balaban J connectivity index is 1.12. The number of carbonyl (C=O) groups excluding carboxylic acids is 4. The van der Waals surface area contributed by atoms with Crippen LogP contribution in [0.3, 0.4) is 0 Å². The number of esters is 4. The van der Waals surface area contributed by atoms with Crippen LogP contribution in [0.25, 0.3) is 0 Å². The highest BCUT2D eigenvalue weighted by Gasteiger charge is 2.46. The van der Waals surface area contributed by atoms with Gasteiger partial charge in [0.1, 0.15) is 49.8 Å². The first kappa shape index (κ1) is 50.6. The van der Waals surface area contributed by atoms with Crippen molar-refractivity contribution in [2.45, 2.75) is 57.3 Å². The summed E-state index contributed by atoms with van der Waals surface area (Å²) in [5, 5.41) is 0. The number of methoxy groups -OCH3 is 1. The van der Waals surface area contributed by atoms with Crippen LogP contribution in [-0.4, -0.2) is 49.3 Å². The summed E-state index contributed by atoms with van der Waals surface area (Å²) in [5.74, 6) is -2.42. The molecule has 0 N–H and O–H groups in total. The van der Waals surface area contributed by atoms with E-state index in [4.69, 9.17) is 42.6 Å². The standard InChI is InChI=1S/C62H52O13/c1-67-61(65)57(74-59(63)46-28-16-6-17-29-46)58(75-60(64)47-30-18-7-19-31-47)62(66)73-55-37-50-52(70-40-44-24-12-4-13-25-44)35-49(68-38-42-20-8-2-9-21-42)36-53(50)72-56(55)48-32-33-51(69-39-43-22-10-3-11-23-43)54(34-48)71-41-45-26-14-5-15-27-45/h2-36,55-58H,37-41H2,1H3/t55-,56+,57-,58-/m1/s1. The Morgan fingerprint density at radius 2 is 0.893 bits per heavy atom. The van der Waals surface area contributed by atoms with Crippen LogP contribution in [0.5, 0.6) is 28.7 Å². The normalized spacial score (nSPS) is 14.3. The Hall–Kier alpha value is -9.36. The molecule has 1 aliphatic heterocycles. The summed E-state index contributed by atoms with van der Waals surface area (Å²) in [7, 11) is 1.05. The molecule has 13 nitrogen and oxygen atoms in total. The molecule has 0 aliphatic carbocycles. The molecule has 13 heteroatoms. The van der Waals surface area contributed by atoms with Crippen LogP contribution in [-0.2, 0) is 61.4 Å². The van der Waals surface area contributed by atoms with Crippen molar-refractivity contribution in [1.29, 1.82) is 0 Å². The van der Waals surface area contributed by atoms with Gasteiger partial charge in [-0.05, 0) is 58.7 Å². The average Bonchev–Trinajstić information content (AvgIpc) is 3.47. The van der Waals surface area contributed by atoms with E-state index in [1.54, 1.807) is 66.7 Å². The van der Waals surface area contributed by atoms with Gasteiger partial charge < -0.3 is 42.6 Å². The smallest absolute Gasteiger partial charge is 0.352 e. The summed E-state index contributed by atoms with van der Waals surface area (Å²) in [4.78, 5) is 56.2. The maximum absolute atomic E-state index is 15.1. The maximum Gasteiger partial charge on any atom is 0.352 e. The van der Waals surface area contributed by atoms with E-state index in [2.05, 4.69) is 0 Å². The van der Waals surface area contributed by atoms with E-state index in [0.717, 1.165) is 29.4 Å². The molecule has 0 spiro atoms. The van der Waals surface area contributed by atoms with E-state index in [1.807, 2.05) is 121 Å². The van der Waals surface area contributed by atoms with Gasteiger partial charge in [-0.2, -0.15) is 0 Å². The first-order chi connectivity index (χ1) is 36.8. The highest BCUT2D eigenvalue weighted by atomic mass is 16.6. The lowest BCUT2D eigenvalue weighted by Gasteiger charge is -2.35. The summed E-state index contributed by atoms with van der Waals surface area (Å²) < 4.78 is 55.8. The second kappa shape index (κ2) is 24.9.